The van der Waals surface area contributed by atoms with Crippen molar-refractivity contribution in [3.05, 3.63) is 51.8 Å². The second-order valence-corrected chi connectivity index (χ2v) is 9.87. The van der Waals surface area contributed by atoms with Crippen LogP contribution in [0.3, 0.4) is 0 Å². The Hall–Kier alpha value is -2.61. The molecular formula is C23H27N3O4S. The maximum Gasteiger partial charge on any atom is 0.316 e. The molecular weight excluding hydrogens is 414 g/mol. The lowest BCUT2D eigenvalue weighted by molar-refractivity contribution is -0.139. The van der Waals surface area contributed by atoms with Crippen LogP contribution >= 0.6 is 11.8 Å². The van der Waals surface area contributed by atoms with E-state index in [1.165, 1.54) is 0 Å². The van der Waals surface area contributed by atoms with Crippen molar-refractivity contribution >= 4 is 29.3 Å². The number of aromatic amines is 1. The number of ether oxygens (including phenoxy) is 1. The Balaban J connectivity index is 1.76. The molecule has 2 N–H and O–H groups in total. The highest BCUT2D eigenvalue weighted by Gasteiger charge is 2.49. The number of rotatable bonds is 5. The molecule has 1 fully saturated rings. The average Bonchev–Trinajstić information content (AvgIpc) is 2.70. The zero-order chi connectivity index (χ0) is 22.2. The number of thioether (sulfide) groups is 1. The lowest BCUT2D eigenvalue weighted by Gasteiger charge is -2.46. The minimum atomic E-state index is -0.359. The van der Waals surface area contributed by atoms with E-state index in [1.54, 1.807) is 6.92 Å². The number of esters is 1. The molecule has 0 radical (unpaired) electrons. The molecule has 164 valence electrons. The summed E-state index contributed by atoms with van der Waals surface area (Å²) < 4.78 is 4.95. The summed E-state index contributed by atoms with van der Waals surface area (Å²) in [5, 5.41) is 3.75. The van der Waals surface area contributed by atoms with Gasteiger partial charge in [0.05, 0.1) is 17.9 Å². The van der Waals surface area contributed by atoms with E-state index in [9.17, 15) is 14.4 Å². The summed E-state index contributed by atoms with van der Waals surface area (Å²) in [6.45, 7) is 6.25. The molecule has 0 spiro atoms. The van der Waals surface area contributed by atoms with Gasteiger partial charge in [-0.25, -0.2) is 4.98 Å². The van der Waals surface area contributed by atoms with E-state index in [-0.39, 0.29) is 46.4 Å². The summed E-state index contributed by atoms with van der Waals surface area (Å²) in [5.74, 6) is -0.294. The van der Waals surface area contributed by atoms with Crippen molar-refractivity contribution in [2.24, 2.45) is 11.3 Å². The van der Waals surface area contributed by atoms with E-state index in [2.05, 4.69) is 29.1 Å². The quantitative estimate of drug-likeness (QED) is 0.417. The van der Waals surface area contributed by atoms with E-state index in [1.807, 2.05) is 30.3 Å². The van der Waals surface area contributed by atoms with Crippen LogP contribution in [0.1, 0.15) is 50.7 Å². The van der Waals surface area contributed by atoms with Crippen LogP contribution in [-0.4, -0.2) is 40.1 Å². The fourth-order valence-corrected chi connectivity index (χ4v) is 5.47. The van der Waals surface area contributed by atoms with Crippen LogP contribution in [0.2, 0.25) is 0 Å². The Bertz CT molecular complexity index is 1050. The molecule has 8 heteroatoms. The first-order chi connectivity index (χ1) is 14.8. The van der Waals surface area contributed by atoms with Crippen molar-refractivity contribution in [1.29, 1.82) is 0 Å². The van der Waals surface area contributed by atoms with Gasteiger partial charge in [-0.2, -0.15) is 0 Å². The van der Waals surface area contributed by atoms with Gasteiger partial charge in [0.2, 0.25) is 0 Å². The molecule has 3 atom stereocenters. The van der Waals surface area contributed by atoms with Gasteiger partial charge < -0.3 is 15.0 Å². The van der Waals surface area contributed by atoms with Gasteiger partial charge in [-0.1, -0.05) is 55.9 Å². The van der Waals surface area contributed by atoms with E-state index in [4.69, 9.17) is 4.74 Å². The Morgan fingerprint density at radius 1 is 1.26 bits per heavy atom. The second-order valence-electron chi connectivity index (χ2n) is 8.90. The van der Waals surface area contributed by atoms with Gasteiger partial charge in [0.25, 0.3) is 5.56 Å². The monoisotopic (exact) mass is 441 g/mol. The number of H-pyrrole nitrogens is 1. The molecule has 1 aromatic heterocycles. The lowest BCUT2D eigenvalue weighted by atomic mass is 9.62. The van der Waals surface area contributed by atoms with Crippen molar-refractivity contribution < 1.29 is 14.3 Å². The third-order valence-corrected chi connectivity index (χ3v) is 6.79. The van der Waals surface area contributed by atoms with Gasteiger partial charge in [-0.05, 0) is 24.3 Å². The standard InChI is InChI=1S/C23H27N3O4S/c1-4-30-16(28)12-31-22-25-20-19(21(29)26-22)17(13-8-6-5-7-9-13)18-14(24-20)10-23(2,3)11-15(18)27/h5-9,14,17-18H,4,10-12H2,1-3H3,(H2,24,25,26,29). The molecule has 1 saturated carbocycles. The zero-order valence-corrected chi connectivity index (χ0v) is 18.8. The molecule has 2 heterocycles. The summed E-state index contributed by atoms with van der Waals surface area (Å²) >= 11 is 1.13. The number of nitrogens with zero attached hydrogens (tertiary/aromatic N) is 1. The first-order valence-corrected chi connectivity index (χ1v) is 11.5. The number of benzene rings is 1. The number of fused-ring (bicyclic) bond motifs is 2. The van der Waals surface area contributed by atoms with Crippen LogP contribution in [-0.2, 0) is 14.3 Å². The predicted octanol–water partition coefficient (Wildman–Crippen LogP) is 3.36. The lowest BCUT2D eigenvalue weighted by Crippen LogP contribution is -2.51. The Morgan fingerprint density at radius 3 is 2.71 bits per heavy atom. The fraction of sp³-hybridized carbons (Fsp3) is 0.478. The molecule has 31 heavy (non-hydrogen) atoms. The highest BCUT2D eigenvalue weighted by Crippen LogP contribution is 2.48. The molecule has 3 unspecified atom stereocenters. The Kier molecular flexibility index (Phi) is 5.92. The number of aromatic nitrogens is 2. The van der Waals surface area contributed by atoms with E-state index in [0.29, 0.717) is 29.6 Å². The van der Waals surface area contributed by atoms with Crippen molar-refractivity contribution in [2.45, 2.75) is 50.7 Å². The van der Waals surface area contributed by atoms with Crippen LogP contribution < -0.4 is 10.9 Å². The minimum absolute atomic E-state index is 0.0647. The highest BCUT2D eigenvalue weighted by atomic mass is 32.2. The summed E-state index contributed by atoms with van der Waals surface area (Å²) in [5.41, 5.74) is 1.02. The molecule has 7 nitrogen and oxygen atoms in total. The molecule has 0 bridgehead atoms. The van der Waals surface area contributed by atoms with Crippen LogP contribution in [0.25, 0.3) is 0 Å². The number of carbonyl (C=O) groups is 2. The molecule has 0 saturated heterocycles. The summed E-state index contributed by atoms with van der Waals surface area (Å²) in [7, 11) is 0. The van der Waals surface area contributed by atoms with E-state index in [0.717, 1.165) is 23.7 Å². The number of anilines is 1. The highest BCUT2D eigenvalue weighted by molar-refractivity contribution is 7.99. The van der Waals surface area contributed by atoms with Crippen molar-refractivity contribution in [1.82, 2.24) is 9.97 Å². The SMILES string of the molecule is CCOC(=O)CSc1nc2c(c(=O)[nH]1)C(c1ccccc1)C1C(=O)CC(C)(C)CC1N2. The number of hydrogen-bond acceptors (Lipinski definition) is 7. The van der Waals surface area contributed by atoms with Crippen molar-refractivity contribution in [2.75, 3.05) is 17.7 Å². The Labute approximate surface area is 185 Å². The van der Waals surface area contributed by atoms with Gasteiger partial charge in [0, 0.05) is 24.3 Å². The summed E-state index contributed by atoms with van der Waals surface area (Å²) in [6.07, 6.45) is 1.30. The van der Waals surface area contributed by atoms with Gasteiger partial charge in [-0.3, -0.25) is 14.4 Å². The largest absolute Gasteiger partial charge is 0.465 e. The van der Waals surface area contributed by atoms with Gasteiger partial charge in [0.15, 0.2) is 5.16 Å². The number of ketones is 1. The first-order valence-electron chi connectivity index (χ1n) is 10.6. The van der Waals surface area contributed by atoms with Crippen LogP contribution in [0.4, 0.5) is 5.82 Å². The normalized spacial score (nSPS) is 24.0. The van der Waals surface area contributed by atoms with Crippen LogP contribution in [0, 0.1) is 11.3 Å². The topological polar surface area (TPSA) is 101 Å². The van der Waals surface area contributed by atoms with Gasteiger partial charge in [0.1, 0.15) is 11.6 Å². The van der Waals surface area contributed by atoms with Crippen molar-refractivity contribution in [3.8, 4) is 0 Å². The van der Waals surface area contributed by atoms with Crippen molar-refractivity contribution in [3.63, 3.8) is 0 Å². The third-order valence-electron chi connectivity index (χ3n) is 5.95. The number of nitrogens with one attached hydrogen (secondary N) is 2. The van der Waals surface area contributed by atoms with Gasteiger partial charge >= 0.3 is 5.97 Å². The smallest absolute Gasteiger partial charge is 0.316 e. The Morgan fingerprint density at radius 2 is 2.00 bits per heavy atom. The predicted molar refractivity (Wildman–Crippen MR) is 119 cm³/mol. The maximum absolute atomic E-state index is 13.2. The maximum atomic E-state index is 13.2. The van der Waals surface area contributed by atoms with Crippen LogP contribution in [0.5, 0.6) is 0 Å². The molecule has 1 aliphatic heterocycles. The minimum Gasteiger partial charge on any atom is -0.465 e. The fourth-order valence-electron chi connectivity index (χ4n) is 4.82. The van der Waals surface area contributed by atoms with E-state index < -0.39 is 0 Å². The second kappa shape index (κ2) is 8.49. The van der Waals surface area contributed by atoms with Gasteiger partial charge in [-0.15, -0.1) is 0 Å². The number of carbonyl (C=O) groups excluding carboxylic acids is 2. The number of hydrogen-bond donors (Lipinski definition) is 2. The molecule has 0 amide bonds. The number of Topliss-reactive ketones (excluding diaryl/α,β-unsaturated/α-hetero) is 1. The van der Waals surface area contributed by atoms with E-state index >= 15 is 0 Å². The molecule has 1 aromatic carbocycles. The zero-order valence-electron chi connectivity index (χ0n) is 17.9. The summed E-state index contributed by atoms with van der Waals surface area (Å²) in [6, 6.07) is 9.60. The van der Waals surface area contributed by atoms with Crippen LogP contribution in [0.15, 0.2) is 40.3 Å². The molecule has 2 aromatic rings. The summed E-state index contributed by atoms with van der Waals surface area (Å²) in [4.78, 5) is 45.5. The molecule has 1 aliphatic carbocycles. The third kappa shape index (κ3) is 4.39. The molecule has 4 rings (SSSR count). The average molecular weight is 442 g/mol. The molecule has 2 aliphatic rings. The first kappa shape index (κ1) is 21.6.